The molecule has 0 aliphatic heterocycles. The van der Waals surface area contributed by atoms with Crippen LogP contribution in [0, 0.1) is 0 Å². The molecule has 0 aliphatic carbocycles. The molecule has 2 rings (SSSR count). The van der Waals surface area contributed by atoms with Gasteiger partial charge in [0.1, 0.15) is 6.04 Å². The van der Waals surface area contributed by atoms with Gasteiger partial charge in [0.25, 0.3) is 0 Å². The van der Waals surface area contributed by atoms with Crippen LogP contribution in [0.4, 0.5) is 5.69 Å². The van der Waals surface area contributed by atoms with Crippen molar-refractivity contribution in [3.05, 3.63) is 36.5 Å². The Morgan fingerprint density at radius 2 is 2.05 bits per heavy atom. The number of pyridine rings is 1. The van der Waals surface area contributed by atoms with Crippen LogP contribution in [0.2, 0.25) is 0 Å². The molecule has 0 saturated carbocycles. The standard InChI is InChI=1S/C13H12N2O4/c16-12(17)7-11(13(18)19)15-9-3-4-10-8(6-9)2-1-5-14-10/h1-6,11,15H,7H2,(H,16,17)(H,18,19)/t11-/m0/s1. The van der Waals surface area contributed by atoms with Crippen LogP contribution in [-0.4, -0.2) is 33.2 Å². The molecular weight excluding hydrogens is 248 g/mol. The van der Waals surface area contributed by atoms with Crippen LogP contribution in [0.3, 0.4) is 0 Å². The first-order valence-corrected chi connectivity index (χ1v) is 5.62. The van der Waals surface area contributed by atoms with E-state index in [1.54, 1.807) is 30.5 Å². The minimum absolute atomic E-state index is 0.486. The molecule has 0 fully saturated rings. The van der Waals surface area contributed by atoms with Crippen LogP contribution in [0.5, 0.6) is 0 Å². The number of aromatic nitrogens is 1. The minimum Gasteiger partial charge on any atom is -0.481 e. The fourth-order valence-electron chi connectivity index (χ4n) is 1.74. The van der Waals surface area contributed by atoms with Crippen molar-refractivity contribution in [3.63, 3.8) is 0 Å². The number of carboxylic acids is 2. The van der Waals surface area contributed by atoms with Crippen molar-refractivity contribution in [2.75, 3.05) is 5.32 Å². The summed E-state index contributed by atoms with van der Waals surface area (Å²) in [7, 11) is 0. The molecule has 98 valence electrons. The van der Waals surface area contributed by atoms with Crippen molar-refractivity contribution < 1.29 is 19.8 Å². The second-order valence-electron chi connectivity index (χ2n) is 4.04. The highest BCUT2D eigenvalue weighted by Crippen LogP contribution is 2.18. The molecule has 0 saturated heterocycles. The highest BCUT2D eigenvalue weighted by Gasteiger charge is 2.20. The lowest BCUT2D eigenvalue weighted by molar-refractivity contribution is -0.144. The van der Waals surface area contributed by atoms with Gasteiger partial charge in [-0.25, -0.2) is 4.79 Å². The average molecular weight is 260 g/mol. The second kappa shape index (κ2) is 5.34. The van der Waals surface area contributed by atoms with Gasteiger partial charge in [0, 0.05) is 17.3 Å². The van der Waals surface area contributed by atoms with Crippen LogP contribution in [0.1, 0.15) is 6.42 Å². The molecular formula is C13H12N2O4. The quantitative estimate of drug-likeness (QED) is 0.754. The Morgan fingerprint density at radius 3 is 2.74 bits per heavy atom. The summed E-state index contributed by atoms with van der Waals surface area (Å²) in [6.07, 6.45) is 1.18. The van der Waals surface area contributed by atoms with Gasteiger partial charge in [0.2, 0.25) is 0 Å². The zero-order valence-corrected chi connectivity index (χ0v) is 9.91. The summed E-state index contributed by atoms with van der Waals surface area (Å²) in [6.45, 7) is 0. The first-order chi connectivity index (χ1) is 9.06. The molecule has 3 N–H and O–H groups in total. The third kappa shape index (κ3) is 3.19. The van der Waals surface area contributed by atoms with Gasteiger partial charge in [-0.1, -0.05) is 6.07 Å². The first kappa shape index (κ1) is 12.8. The number of carboxylic acid groups (broad SMARTS) is 2. The van der Waals surface area contributed by atoms with Gasteiger partial charge in [0.15, 0.2) is 0 Å². The summed E-state index contributed by atoms with van der Waals surface area (Å²) in [4.78, 5) is 25.7. The summed E-state index contributed by atoms with van der Waals surface area (Å²) >= 11 is 0. The Balaban J connectivity index is 2.23. The third-order valence-corrected chi connectivity index (χ3v) is 2.62. The number of rotatable bonds is 5. The van der Waals surface area contributed by atoms with E-state index in [0.29, 0.717) is 5.69 Å². The van der Waals surface area contributed by atoms with Gasteiger partial charge in [-0.3, -0.25) is 9.78 Å². The molecule has 0 aliphatic rings. The van der Waals surface area contributed by atoms with E-state index in [0.717, 1.165) is 10.9 Å². The molecule has 0 spiro atoms. The minimum atomic E-state index is -1.20. The number of hydrogen-bond donors (Lipinski definition) is 3. The Bertz CT molecular complexity index is 627. The van der Waals surface area contributed by atoms with Gasteiger partial charge in [0.05, 0.1) is 11.9 Å². The maximum absolute atomic E-state index is 11.0. The van der Waals surface area contributed by atoms with E-state index in [9.17, 15) is 9.59 Å². The van der Waals surface area contributed by atoms with E-state index < -0.39 is 24.4 Å². The molecule has 1 atom stereocenters. The number of hydrogen-bond acceptors (Lipinski definition) is 4. The molecule has 1 aromatic carbocycles. The molecule has 0 bridgehead atoms. The van der Waals surface area contributed by atoms with Crippen molar-refractivity contribution in [2.24, 2.45) is 0 Å². The van der Waals surface area contributed by atoms with Crippen molar-refractivity contribution in [1.82, 2.24) is 4.98 Å². The molecule has 19 heavy (non-hydrogen) atoms. The van der Waals surface area contributed by atoms with E-state index in [2.05, 4.69) is 10.3 Å². The van der Waals surface area contributed by atoms with Crippen LogP contribution in [0.15, 0.2) is 36.5 Å². The van der Waals surface area contributed by atoms with E-state index in [1.807, 2.05) is 6.07 Å². The number of anilines is 1. The van der Waals surface area contributed by atoms with Crippen LogP contribution in [-0.2, 0) is 9.59 Å². The summed E-state index contributed by atoms with van der Waals surface area (Å²) in [6, 6.07) is 7.62. The van der Waals surface area contributed by atoms with Gasteiger partial charge in [-0.05, 0) is 24.3 Å². The average Bonchev–Trinajstić information content (AvgIpc) is 2.37. The Morgan fingerprint density at radius 1 is 1.26 bits per heavy atom. The normalized spacial score (nSPS) is 12.0. The second-order valence-corrected chi connectivity index (χ2v) is 4.04. The van der Waals surface area contributed by atoms with Crippen LogP contribution >= 0.6 is 0 Å². The molecule has 0 radical (unpaired) electrons. The van der Waals surface area contributed by atoms with Crippen LogP contribution < -0.4 is 5.32 Å². The smallest absolute Gasteiger partial charge is 0.326 e. The fourth-order valence-corrected chi connectivity index (χ4v) is 1.74. The predicted molar refractivity (Wildman–Crippen MR) is 69.0 cm³/mol. The topological polar surface area (TPSA) is 99.5 Å². The number of nitrogens with zero attached hydrogens (tertiary/aromatic N) is 1. The van der Waals surface area contributed by atoms with Crippen molar-refractivity contribution in [1.29, 1.82) is 0 Å². The lowest BCUT2D eigenvalue weighted by atomic mass is 10.1. The first-order valence-electron chi connectivity index (χ1n) is 5.62. The molecule has 1 aromatic heterocycles. The SMILES string of the molecule is O=C(O)C[C@H](Nc1ccc2ncccc2c1)C(=O)O. The number of benzene rings is 1. The number of aliphatic carboxylic acids is 2. The third-order valence-electron chi connectivity index (χ3n) is 2.62. The van der Waals surface area contributed by atoms with Gasteiger partial charge < -0.3 is 15.5 Å². The fraction of sp³-hybridized carbons (Fsp3) is 0.154. The molecule has 6 heteroatoms. The summed E-state index contributed by atoms with van der Waals surface area (Å²) < 4.78 is 0. The largest absolute Gasteiger partial charge is 0.481 e. The van der Waals surface area contributed by atoms with E-state index >= 15 is 0 Å². The maximum atomic E-state index is 11.0. The number of carbonyl (C=O) groups is 2. The summed E-state index contributed by atoms with van der Waals surface area (Å²) in [5.41, 5.74) is 1.34. The van der Waals surface area contributed by atoms with Crippen molar-refractivity contribution in [3.8, 4) is 0 Å². The van der Waals surface area contributed by atoms with Gasteiger partial charge >= 0.3 is 11.9 Å². The Labute approximate surface area is 108 Å². The summed E-state index contributed by atoms with van der Waals surface area (Å²) in [5, 5.41) is 21.2. The predicted octanol–water partition coefficient (Wildman–Crippen LogP) is 1.57. The van der Waals surface area contributed by atoms with Gasteiger partial charge in [-0.2, -0.15) is 0 Å². The highest BCUT2D eigenvalue weighted by atomic mass is 16.4. The molecule has 0 unspecified atom stereocenters. The molecule has 2 aromatic rings. The highest BCUT2D eigenvalue weighted by molar-refractivity contribution is 5.86. The van der Waals surface area contributed by atoms with E-state index in [1.165, 1.54) is 0 Å². The zero-order chi connectivity index (χ0) is 13.8. The van der Waals surface area contributed by atoms with Crippen LogP contribution in [0.25, 0.3) is 10.9 Å². The van der Waals surface area contributed by atoms with E-state index in [4.69, 9.17) is 10.2 Å². The monoisotopic (exact) mass is 260 g/mol. The zero-order valence-electron chi connectivity index (χ0n) is 9.91. The Hall–Kier alpha value is -2.63. The number of fused-ring (bicyclic) bond motifs is 1. The lowest BCUT2D eigenvalue weighted by Crippen LogP contribution is -2.31. The molecule has 1 heterocycles. The summed E-state index contributed by atoms with van der Waals surface area (Å²) in [5.74, 6) is -2.36. The maximum Gasteiger partial charge on any atom is 0.326 e. The van der Waals surface area contributed by atoms with E-state index in [-0.39, 0.29) is 0 Å². The molecule has 0 amide bonds. The molecule has 6 nitrogen and oxygen atoms in total. The Kier molecular flexibility index (Phi) is 3.61. The van der Waals surface area contributed by atoms with Crippen molar-refractivity contribution in [2.45, 2.75) is 12.5 Å². The number of nitrogens with one attached hydrogen (secondary N) is 1. The van der Waals surface area contributed by atoms with Crippen molar-refractivity contribution >= 4 is 28.5 Å². The lowest BCUT2D eigenvalue weighted by Gasteiger charge is -2.14. The van der Waals surface area contributed by atoms with Gasteiger partial charge in [-0.15, -0.1) is 0 Å².